The van der Waals surface area contributed by atoms with Gasteiger partial charge in [-0.2, -0.15) is 0 Å². The van der Waals surface area contributed by atoms with Crippen LogP contribution in [0.4, 0.5) is 11.4 Å². The highest BCUT2D eigenvalue weighted by molar-refractivity contribution is 5.95. The second-order valence-electron chi connectivity index (χ2n) is 6.34. The smallest absolute Gasteiger partial charge is 0.243 e. The third-order valence-electron chi connectivity index (χ3n) is 4.45. The number of anilines is 2. The van der Waals surface area contributed by atoms with Crippen LogP contribution in [0.15, 0.2) is 54.6 Å². The Balaban J connectivity index is 1.59. The Labute approximate surface area is 154 Å². The van der Waals surface area contributed by atoms with Gasteiger partial charge in [-0.25, -0.2) is 0 Å². The van der Waals surface area contributed by atoms with Crippen LogP contribution in [0.2, 0.25) is 0 Å². The monoisotopic (exact) mass is 354 g/mol. The van der Waals surface area contributed by atoms with E-state index in [-0.39, 0.29) is 12.0 Å². The van der Waals surface area contributed by atoms with Crippen molar-refractivity contribution >= 4 is 17.3 Å². The molecular formula is C21H26N2O3. The lowest BCUT2D eigenvalue weighted by molar-refractivity contribution is -0.115. The maximum atomic E-state index is 12.5. The molecule has 3 rings (SSSR count). The maximum absolute atomic E-state index is 12.5. The fraction of sp³-hybridized carbons (Fsp3) is 0.381. The maximum Gasteiger partial charge on any atom is 0.243 e. The van der Waals surface area contributed by atoms with Gasteiger partial charge in [-0.3, -0.25) is 4.79 Å². The summed E-state index contributed by atoms with van der Waals surface area (Å²) >= 11 is 0. The van der Waals surface area contributed by atoms with E-state index in [0.717, 1.165) is 31.7 Å². The number of carbonyl (C=O) groups is 1. The van der Waals surface area contributed by atoms with Gasteiger partial charge < -0.3 is 19.7 Å². The number of hydrogen-bond acceptors (Lipinski definition) is 4. The molecule has 1 atom stereocenters. The molecule has 5 nitrogen and oxygen atoms in total. The first-order chi connectivity index (χ1) is 12.8. The molecule has 2 aromatic carbocycles. The summed E-state index contributed by atoms with van der Waals surface area (Å²) in [6, 6.07) is 17.5. The molecule has 0 bridgehead atoms. The van der Waals surface area contributed by atoms with Crippen LogP contribution >= 0.6 is 0 Å². The second-order valence-corrected chi connectivity index (χ2v) is 6.34. The largest absolute Gasteiger partial charge is 0.489 e. The van der Waals surface area contributed by atoms with Gasteiger partial charge in [0.25, 0.3) is 0 Å². The van der Waals surface area contributed by atoms with Gasteiger partial charge in [0.2, 0.25) is 5.91 Å². The van der Waals surface area contributed by atoms with E-state index < -0.39 is 0 Å². The molecule has 1 unspecified atom stereocenters. The highest BCUT2D eigenvalue weighted by Crippen LogP contribution is 2.25. The van der Waals surface area contributed by atoms with Crippen LogP contribution < -0.4 is 15.0 Å². The minimum Gasteiger partial charge on any atom is -0.489 e. The molecule has 5 heteroatoms. The molecule has 1 heterocycles. The molecule has 0 radical (unpaired) electrons. The highest BCUT2D eigenvalue weighted by atomic mass is 16.5. The predicted molar refractivity (Wildman–Crippen MR) is 104 cm³/mol. The van der Waals surface area contributed by atoms with Gasteiger partial charge in [-0.15, -0.1) is 0 Å². The first-order valence-corrected chi connectivity index (χ1v) is 9.19. The summed E-state index contributed by atoms with van der Waals surface area (Å²) in [7, 11) is 0. The summed E-state index contributed by atoms with van der Waals surface area (Å²) in [6.45, 7) is 4.41. The SMILES string of the molecule is CCN(CC(=O)Nc1ccccc1OCC1CCCO1)c1ccccc1. The molecule has 1 aliphatic heterocycles. The molecule has 0 saturated carbocycles. The number of hydrogen-bond donors (Lipinski definition) is 1. The summed E-state index contributed by atoms with van der Waals surface area (Å²) in [5.74, 6) is 0.614. The summed E-state index contributed by atoms with van der Waals surface area (Å²) < 4.78 is 11.5. The van der Waals surface area contributed by atoms with Crippen molar-refractivity contribution in [3.63, 3.8) is 0 Å². The second kappa shape index (κ2) is 9.25. The third-order valence-corrected chi connectivity index (χ3v) is 4.45. The van der Waals surface area contributed by atoms with Crippen molar-refractivity contribution in [2.75, 3.05) is 36.5 Å². The summed E-state index contributed by atoms with van der Waals surface area (Å²) in [4.78, 5) is 14.6. The van der Waals surface area contributed by atoms with E-state index in [9.17, 15) is 4.79 Å². The third kappa shape index (κ3) is 4.99. The summed E-state index contributed by atoms with van der Waals surface area (Å²) in [6.07, 6.45) is 2.25. The topological polar surface area (TPSA) is 50.8 Å². The molecule has 138 valence electrons. The number of rotatable bonds is 8. The van der Waals surface area contributed by atoms with Gasteiger partial charge in [-0.1, -0.05) is 30.3 Å². The number of carbonyl (C=O) groups excluding carboxylic acids is 1. The van der Waals surface area contributed by atoms with Crippen molar-refractivity contribution in [2.24, 2.45) is 0 Å². The van der Waals surface area contributed by atoms with Crippen molar-refractivity contribution in [1.82, 2.24) is 0 Å². The lowest BCUT2D eigenvalue weighted by atomic mass is 10.2. The molecule has 1 N–H and O–H groups in total. The molecule has 0 spiro atoms. The molecule has 1 amide bonds. The Bertz CT molecular complexity index is 699. The van der Waals surface area contributed by atoms with E-state index in [1.54, 1.807) is 0 Å². The fourth-order valence-corrected chi connectivity index (χ4v) is 3.04. The minimum atomic E-state index is -0.0659. The number of likely N-dealkylation sites (N-methyl/N-ethyl adjacent to an activating group) is 1. The van der Waals surface area contributed by atoms with Gasteiger partial charge in [0.1, 0.15) is 12.4 Å². The number of amides is 1. The molecule has 0 aliphatic carbocycles. The Morgan fingerprint density at radius 1 is 1.19 bits per heavy atom. The van der Waals surface area contributed by atoms with Gasteiger partial charge in [0.15, 0.2) is 0 Å². The van der Waals surface area contributed by atoms with Crippen LogP contribution in [0.3, 0.4) is 0 Å². The Morgan fingerprint density at radius 3 is 2.69 bits per heavy atom. The fourth-order valence-electron chi connectivity index (χ4n) is 3.04. The molecule has 1 saturated heterocycles. The van der Waals surface area contributed by atoms with Crippen LogP contribution in [0.5, 0.6) is 5.75 Å². The van der Waals surface area contributed by atoms with Gasteiger partial charge in [-0.05, 0) is 44.0 Å². The van der Waals surface area contributed by atoms with Crippen LogP contribution in [-0.4, -0.2) is 38.3 Å². The normalized spacial score (nSPS) is 16.3. The molecule has 0 aromatic heterocycles. The van der Waals surface area contributed by atoms with E-state index in [1.807, 2.05) is 66.4 Å². The van der Waals surface area contributed by atoms with E-state index in [4.69, 9.17) is 9.47 Å². The standard InChI is InChI=1S/C21H26N2O3/c1-2-23(17-9-4-3-5-10-17)15-21(24)22-19-12-6-7-13-20(19)26-16-18-11-8-14-25-18/h3-7,9-10,12-13,18H,2,8,11,14-16H2,1H3,(H,22,24). The van der Waals surface area contributed by atoms with Crippen molar-refractivity contribution in [3.05, 3.63) is 54.6 Å². The average molecular weight is 354 g/mol. The van der Waals surface area contributed by atoms with Crippen LogP contribution in [0.1, 0.15) is 19.8 Å². The predicted octanol–water partition coefficient (Wildman–Crippen LogP) is 3.71. The van der Waals surface area contributed by atoms with Crippen molar-refractivity contribution < 1.29 is 14.3 Å². The van der Waals surface area contributed by atoms with Crippen molar-refractivity contribution in [3.8, 4) is 5.75 Å². The van der Waals surface area contributed by atoms with E-state index in [2.05, 4.69) is 5.32 Å². The Morgan fingerprint density at radius 2 is 1.96 bits per heavy atom. The van der Waals surface area contributed by atoms with Gasteiger partial charge >= 0.3 is 0 Å². The Hall–Kier alpha value is -2.53. The zero-order valence-corrected chi connectivity index (χ0v) is 15.2. The number of nitrogens with zero attached hydrogens (tertiary/aromatic N) is 1. The van der Waals surface area contributed by atoms with Gasteiger partial charge in [0, 0.05) is 18.8 Å². The van der Waals surface area contributed by atoms with Crippen LogP contribution in [0.25, 0.3) is 0 Å². The first kappa shape index (κ1) is 18.3. The molecular weight excluding hydrogens is 328 g/mol. The summed E-state index contributed by atoms with van der Waals surface area (Å²) in [5, 5.41) is 2.97. The zero-order chi connectivity index (χ0) is 18.2. The zero-order valence-electron chi connectivity index (χ0n) is 15.2. The quantitative estimate of drug-likeness (QED) is 0.785. The minimum absolute atomic E-state index is 0.0659. The van der Waals surface area contributed by atoms with Crippen molar-refractivity contribution in [1.29, 1.82) is 0 Å². The Kier molecular flexibility index (Phi) is 6.50. The average Bonchev–Trinajstić information content (AvgIpc) is 3.20. The molecule has 26 heavy (non-hydrogen) atoms. The van der Waals surface area contributed by atoms with Gasteiger partial charge in [0.05, 0.1) is 18.3 Å². The molecule has 1 fully saturated rings. The van der Waals surface area contributed by atoms with Crippen LogP contribution in [-0.2, 0) is 9.53 Å². The number of benzene rings is 2. The molecule has 1 aliphatic rings. The van der Waals surface area contributed by atoms with E-state index >= 15 is 0 Å². The van der Waals surface area contributed by atoms with E-state index in [0.29, 0.717) is 24.6 Å². The lowest BCUT2D eigenvalue weighted by Crippen LogP contribution is -2.33. The summed E-state index contributed by atoms with van der Waals surface area (Å²) in [5.41, 5.74) is 1.73. The lowest BCUT2D eigenvalue weighted by Gasteiger charge is -2.23. The van der Waals surface area contributed by atoms with Crippen LogP contribution in [0, 0.1) is 0 Å². The highest BCUT2D eigenvalue weighted by Gasteiger charge is 2.17. The number of nitrogens with one attached hydrogen (secondary N) is 1. The van der Waals surface area contributed by atoms with Crippen molar-refractivity contribution in [2.45, 2.75) is 25.9 Å². The first-order valence-electron chi connectivity index (χ1n) is 9.19. The number of para-hydroxylation sites is 3. The number of ether oxygens (including phenoxy) is 2. The van der Waals surface area contributed by atoms with E-state index in [1.165, 1.54) is 0 Å². The molecule has 2 aromatic rings.